The Morgan fingerprint density at radius 2 is 1.91 bits per heavy atom. The van der Waals surface area contributed by atoms with Crippen molar-refractivity contribution < 1.29 is 4.74 Å². The summed E-state index contributed by atoms with van der Waals surface area (Å²) in [5, 5.41) is 6.25. The summed E-state index contributed by atoms with van der Waals surface area (Å²) in [6.45, 7) is 5.19. The van der Waals surface area contributed by atoms with Gasteiger partial charge in [0.1, 0.15) is 0 Å². The lowest BCUT2D eigenvalue weighted by Crippen LogP contribution is -2.45. The van der Waals surface area contributed by atoms with Crippen LogP contribution in [0.5, 0.6) is 0 Å². The number of hydrogen-bond donors (Lipinski definition) is 1. The summed E-state index contributed by atoms with van der Waals surface area (Å²) in [5.74, 6) is 0.652. The van der Waals surface area contributed by atoms with Crippen molar-refractivity contribution >= 4 is 10.8 Å². The number of ether oxygens (including phenoxy) is 1. The first-order valence-electron chi connectivity index (χ1n) is 8.45. The quantitative estimate of drug-likeness (QED) is 0.776. The van der Waals surface area contributed by atoms with Crippen LogP contribution in [0.1, 0.15) is 31.7 Å². The minimum Gasteiger partial charge on any atom is -0.383 e. The average molecular weight is 297 g/mol. The van der Waals surface area contributed by atoms with Crippen molar-refractivity contribution in [3.05, 3.63) is 48.0 Å². The first-order chi connectivity index (χ1) is 10.8. The van der Waals surface area contributed by atoms with E-state index in [2.05, 4.69) is 54.7 Å². The predicted molar refractivity (Wildman–Crippen MR) is 93.4 cm³/mol. The maximum absolute atomic E-state index is 5.12. The van der Waals surface area contributed by atoms with E-state index in [4.69, 9.17) is 4.74 Å². The molecule has 0 aromatic heterocycles. The summed E-state index contributed by atoms with van der Waals surface area (Å²) in [4.78, 5) is 0. The minimum atomic E-state index is 0.365. The van der Waals surface area contributed by atoms with E-state index in [9.17, 15) is 0 Å². The third kappa shape index (κ3) is 2.90. The highest BCUT2D eigenvalue weighted by Crippen LogP contribution is 2.49. The first-order valence-corrected chi connectivity index (χ1v) is 8.45. The van der Waals surface area contributed by atoms with Gasteiger partial charge < -0.3 is 10.1 Å². The van der Waals surface area contributed by atoms with Gasteiger partial charge in [0, 0.05) is 13.7 Å². The molecule has 22 heavy (non-hydrogen) atoms. The van der Waals surface area contributed by atoms with Gasteiger partial charge in [-0.3, -0.25) is 0 Å². The summed E-state index contributed by atoms with van der Waals surface area (Å²) in [6.07, 6.45) is 3.99. The molecule has 1 unspecified atom stereocenters. The van der Waals surface area contributed by atoms with Gasteiger partial charge in [0.25, 0.3) is 0 Å². The van der Waals surface area contributed by atoms with Crippen LogP contribution in [0.3, 0.4) is 0 Å². The number of fused-ring (bicyclic) bond motifs is 1. The summed E-state index contributed by atoms with van der Waals surface area (Å²) >= 11 is 0. The number of benzene rings is 2. The molecule has 0 radical (unpaired) electrons. The molecule has 0 saturated heterocycles. The third-order valence-electron chi connectivity index (χ3n) is 5.45. The van der Waals surface area contributed by atoms with E-state index < -0.39 is 0 Å². The fraction of sp³-hybridized carbons (Fsp3) is 0.500. The van der Waals surface area contributed by atoms with Crippen LogP contribution in [-0.2, 0) is 10.2 Å². The van der Waals surface area contributed by atoms with Gasteiger partial charge >= 0.3 is 0 Å². The molecule has 1 fully saturated rings. The molecule has 0 aliphatic heterocycles. The average Bonchev–Trinajstić information content (AvgIpc) is 2.50. The van der Waals surface area contributed by atoms with E-state index in [1.54, 1.807) is 7.11 Å². The van der Waals surface area contributed by atoms with E-state index in [0.717, 1.165) is 19.7 Å². The Bertz CT molecular complexity index is 618. The molecule has 0 bridgehead atoms. The van der Waals surface area contributed by atoms with Gasteiger partial charge in [-0.1, -0.05) is 55.8 Å². The van der Waals surface area contributed by atoms with Crippen molar-refractivity contribution in [3.63, 3.8) is 0 Å². The fourth-order valence-corrected chi connectivity index (χ4v) is 3.81. The van der Waals surface area contributed by atoms with Crippen molar-refractivity contribution in [1.82, 2.24) is 5.32 Å². The lowest BCUT2D eigenvalue weighted by molar-refractivity contribution is 0.148. The summed E-state index contributed by atoms with van der Waals surface area (Å²) in [7, 11) is 1.76. The van der Waals surface area contributed by atoms with E-state index in [-0.39, 0.29) is 0 Å². The van der Waals surface area contributed by atoms with Crippen LogP contribution in [-0.4, -0.2) is 26.8 Å². The largest absolute Gasteiger partial charge is 0.383 e. The third-order valence-corrected chi connectivity index (χ3v) is 5.45. The minimum absolute atomic E-state index is 0.365. The van der Waals surface area contributed by atoms with Gasteiger partial charge in [0.2, 0.25) is 0 Å². The van der Waals surface area contributed by atoms with Crippen LogP contribution in [0.2, 0.25) is 0 Å². The van der Waals surface area contributed by atoms with E-state index in [1.165, 1.54) is 35.6 Å². The first kappa shape index (κ1) is 15.5. The number of nitrogens with one attached hydrogen (secondary N) is 1. The zero-order chi connectivity index (χ0) is 15.4. The van der Waals surface area contributed by atoms with Crippen molar-refractivity contribution in [1.29, 1.82) is 0 Å². The molecule has 0 amide bonds. The van der Waals surface area contributed by atoms with Crippen molar-refractivity contribution in [2.24, 2.45) is 5.92 Å². The Hall–Kier alpha value is -1.38. The Kier molecular flexibility index (Phi) is 4.80. The standard InChI is InChI=1S/C20H27NO/c1-16(15-21-12-13-22-2)20(10-5-11-20)19-9-8-17-6-3-4-7-18(17)14-19/h3-4,6-9,14,16,21H,5,10-13,15H2,1-2H3. The van der Waals surface area contributed by atoms with Crippen LogP contribution >= 0.6 is 0 Å². The van der Waals surface area contributed by atoms with Crippen LogP contribution in [0.4, 0.5) is 0 Å². The fourth-order valence-electron chi connectivity index (χ4n) is 3.81. The molecule has 1 aliphatic carbocycles. The van der Waals surface area contributed by atoms with Crippen molar-refractivity contribution in [2.75, 3.05) is 26.8 Å². The summed E-state index contributed by atoms with van der Waals surface area (Å²) < 4.78 is 5.12. The molecular formula is C20H27NO. The second-order valence-electron chi connectivity index (χ2n) is 6.67. The molecule has 2 aromatic carbocycles. The van der Waals surface area contributed by atoms with Gasteiger partial charge in [-0.15, -0.1) is 0 Å². The van der Waals surface area contributed by atoms with Crippen LogP contribution in [0, 0.1) is 5.92 Å². The lowest BCUT2D eigenvalue weighted by Gasteiger charge is -2.47. The highest BCUT2D eigenvalue weighted by Gasteiger charge is 2.42. The zero-order valence-corrected chi connectivity index (χ0v) is 13.8. The van der Waals surface area contributed by atoms with Gasteiger partial charge in [0.05, 0.1) is 6.61 Å². The highest BCUT2D eigenvalue weighted by atomic mass is 16.5. The molecular weight excluding hydrogens is 270 g/mol. The number of rotatable bonds is 7. The zero-order valence-electron chi connectivity index (χ0n) is 13.8. The molecule has 1 N–H and O–H groups in total. The monoisotopic (exact) mass is 297 g/mol. The van der Waals surface area contributed by atoms with Gasteiger partial charge in [-0.25, -0.2) is 0 Å². The molecule has 2 nitrogen and oxygen atoms in total. The van der Waals surface area contributed by atoms with E-state index in [1.807, 2.05) is 0 Å². The van der Waals surface area contributed by atoms with E-state index in [0.29, 0.717) is 11.3 Å². The molecule has 0 heterocycles. The van der Waals surface area contributed by atoms with Crippen molar-refractivity contribution in [3.8, 4) is 0 Å². The molecule has 1 atom stereocenters. The SMILES string of the molecule is COCCNCC(C)C1(c2ccc3ccccc3c2)CCC1. The molecule has 3 rings (SSSR count). The van der Waals surface area contributed by atoms with Crippen molar-refractivity contribution in [2.45, 2.75) is 31.6 Å². The smallest absolute Gasteiger partial charge is 0.0587 e. The highest BCUT2D eigenvalue weighted by molar-refractivity contribution is 5.83. The lowest BCUT2D eigenvalue weighted by atomic mass is 9.58. The molecule has 1 saturated carbocycles. The van der Waals surface area contributed by atoms with Gasteiger partial charge in [-0.05, 0) is 47.1 Å². The predicted octanol–water partition coefficient (Wildman–Crippen LogP) is 4.13. The number of methoxy groups -OCH3 is 1. The second kappa shape index (κ2) is 6.80. The van der Waals surface area contributed by atoms with Crippen LogP contribution in [0.15, 0.2) is 42.5 Å². The Morgan fingerprint density at radius 3 is 2.59 bits per heavy atom. The van der Waals surface area contributed by atoms with Gasteiger partial charge in [0.15, 0.2) is 0 Å². The molecule has 2 aromatic rings. The molecule has 118 valence electrons. The number of hydrogen-bond acceptors (Lipinski definition) is 2. The Morgan fingerprint density at radius 1 is 1.14 bits per heavy atom. The maximum atomic E-state index is 5.12. The van der Waals surface area contributed by atoms with Crippen LogP contribution < -0.4 is 5.32 Å². The molecule has 1 aliphatic rings. The van der Waals surface area contributed by atoms with E-state index >= 15 is 0 Å². The maximum Gasteiger partial charge on any atom is 0.0587 e. The normalized spacial score (nSPS) is 18.1. The summed E-state index contributed by atoms with van der Waals surface area (Å²) in [5.41, 5.74) is 1.89. The Labute approximate surface area is 133 Å². The molecule has 0 spiro atoms. The van der Waals surface area contributed by atoms with Crippen LogP contribution in [0.25, 0.3) is 10.8 Å². The van der Waals surface area contributed by atoms with Gasteiger partial charge in [-0.2, -0.15) is 0 Å². The Balaban J connectivity index is 1.78. The topological polar surface area (TPSA) is 21.3 Å². The second-order valence-corrected chi connectivity index (χ2v) is 6.67. The summed E-state index contributed by atoms with van der Waals surface area (Å²) in [6, 6.07) is 15.7. The molecule has 2 heteroatoms.